The van der Waals surface area contributed by atoms with Crippen LogP contribution in [0.25, 0.3) is 11.1 Å². The first-order chi connectivity index (χ1) is 13.0. The monoisotopic (exact) mass is 422 g/mol. The Labute approximate surface area is 163 Å². The molecule has 0 aliphatic heterocycles. The number of ether oxygens (including phenoxy) is 1. The number of hydrogen-bond acceptors (Lipinski definition) is 1. The number of alkyl halides is 6. The van der Waals surface area contributed by atoms with Crippen molar-refractivity contribution in [1.82, 2.24) is 0 Å². The topological polar surface area (TPSA) is 9.23 Å². The fourth-order valence-electron chi connectivity index (χ4n) is 3.34. The number of hydrogen-bond donors (Lipinski definition) is 0. The first kappa shape index (κ1) is 20.8. The molecule has 152 valence electrons. The molecule has 8 heteroatoms. The van der Waals surface area contributed by atoms with Crippen LogP contribution in [0.5, 0.6) is 5.75 Å². The quantitative estimate of drug-likeness (QED) is 0.464. The third-order valence-corrected chi connectivity index (χ3v) is 5.30. The Morgan fingerprint density at radius 2 is 1.64 bits per heavy atom. The zero-order valence-electron chi connectivity index (χ0n) is 14.8. The summed E-state index contributed by atoms with van der Waals surface area (Å²) in [5.41, 5.74) is 0.558. The summed E-state index contributed by atoms with van der Waals surface area (Å²) >= 11 is 6.22. The van der Waals surface area contributed by atoms with Crippen LogP contribution in [-0.4, -0.2) is 12.8 Å². The third kappa shape index (κ3) is 4.57. The Morgan fingerprint density at radius 3 is 2.11 bits per heavy atom. The van der Waals surface area contributed by atoms with Crippen LogP contribution in [0, 0.1) is 5.92 Å². The molecule has 0 saturated heterocycles. The van der Waals surface area contributed by atoms with Gasteiger partial charge in [-0.25, -0.2) is 0 Å². The molecule has 0 aromatic heterocycles. The van der Waals surface area contributed by atoms with Crippen LogP contribution in [-0.2, 0) is 6.18 Å². The molecule has 1 nitrogen and oxygen atoms in total. The predicted octanol–water partition coefficient (Wildman–Crippen LogP) is 7.48. The summed E-state index contributed by atoms with van der Waals surface area (Å²) in [6.45, 7) is 0.521. The number of rotatable bonds is 4. The zero-order valence-corrected chi connectivity index (χ0v) is 15.6. The van der Waals surface area contributed by atoms with Gasteiger partial charge in [0.05, 0.1) is 10.6 Å². The molecule has 0 bridgehead atoms. The molecule has 1 fully saturated rings. The summed E-state index contributed by atoms with van der Waals surface area (Å²) in [6.07, 6.45) is -7.12. The molecule has 0 amide bonds. The summed E-state index contributed by atoms with van der Waals surface area (Å²) in [6, 6.07) is 7.44. The van der Waals surface area contributed by atoms with E-state index in [2.05, 4.69) is 6.92 Å². The van der Waals surface area contributed by atoms with Crippen molar-refractivity contribution in [3.8, 4) is 16.9 Å². The van der Waals surface area contributed by atoms with Crippen molar-refractivity contribution in [3.05, 3.63) is 52.5 Å². The van der Waals surface area contributed by atoms with Gasteiger partial charge in [-0.1, -0.05) is 30.7 Å². The normalized spacial score (nSPS) is 20.0. The Balaban J connectivity index is 2.04. The maximum atomic E-state index is 12.8. The second-order valence-electron chi connectivity index (χ2n) is 7.02. The smallest absolute Gasteiger partial charge is 0.422 e. The average Bonchev–Trinajstić information content (AvgIpc) is 2.57. The van der Waals surface area contributed by atoms with Gasteiger partial charge in [0.15, 0.2) is 6.61 Å². The van der Waals surface area contributed by atoms with Crippen LogP contribution < -0.4 is 4.74 Å². The highest BCUT2D eigenvalue weighted by Gasteiger charge is 2.33. The maximum absolute atomic E-state index is 12.8. The Morgan fingerprint density at radius 1 is 1.00 bits per heavy atom. The van der Waals surface area contributed by atoms with E-state index in [4.69, 9.17) is 16.3 Å². The SMILES string of the molecule is CC1CCC1c1cc(Cl)c(OCC(F)(F)F)c(-c2ccc(C(F)(F)F)cc2)c1. The molecular formula is C20H17ClF6O. The van der Waals surface area contributed by atoms with E-state index >= 15 is 0 Å². The lowest BCUT2D eigenvalue weighted by Crippen LogP contribution is -2.21. The predicted molar refractivity (Wildman–Crippen MR) is 94.6 cm³/mol. The van der Waals surface area contributed by atoms with E-state index in [9.17, 15) is 26.3 Å². The molecule has 2 atom stereocenters. The van der Waals surface area contributed by atoms with Crippen molar-refractivity contribution >= 4 is 11.6 Å². The maximum Gasteiger partial charge on any atom is 0.422 e. The minimum atomic E-state index is -4.57. The summed E-state index contributed by atoms with van der Waals surface area (Å²) in [7, 11) is 0. The van der Waals surface area contributed by atoms with Crippen molar-refractivity contribution in [3.63, 3.8) is 0 Å². The van der Waals surface area contributed by atoms with Gasteiger partial charge in [0.2, 0.25) is 0 Å². The standard InChI is InChI=1S/C20H17ClF6O/c1-11-2-7-15(11)13-8-16(12-3-5-14(6-4-12)20(25,26)27)18(17(21)9-13)28-10-19(22,23)24/h3-6,8-9,11,15H,2,7,10H2,1H3. The third-order valence-electron chi connectivity index (χ3n) is 5.02. The van der Waals surface area contributed by atoms with Gasteiger partial charge in [0.25, 0.3) is 0 Å². The first-order valence-corrected chi connectivity index (χ1v) is 9.04. The molecule has 0 spiro atoms. The van der Waals surface area contributed by atoms with Crippen molar-refractivity contribution in [2.45, 2.75) is 38.0 Å². The van der Waals surface area contributed by atoms with Crippen molar-refractivity contribution < 1.29 is 31.1 Å². The molecule has 1 aliphatic rings. The molecule has 0 N–H and O–H groups in total. The molecule has 2 aromatic rings. The van der Waals surface area contributed by atoms with Gasteiger partial charge in [-0.05, 0) is 60.1 Å². The van der Waals surface area contributed by atoms with Crippen molar-refractivity contribution in [2.75, 3.05) is 6.61 Å². The zero-order chi connectivity index (χ0) is 20.7. The molecule has 2 aromatic carbocycles. The fourth-order valence-corrected chi connectivity index (χ4v) is 3.63. The van der Waals surface area contributed by atoms with Crippen LogP contribution in [0.2, 0.25) is 5.02 Å². The second kappa shape index (κ2) is 7.50. The molecule has 0 radical (unpaired) electrons. The Bertz CT molecular complexity index is 842. The highest BCUT2D eigenvalue weighted by molar-refractivity contribution is 6.32. The summed E-state index contributed by atoms with van der Waals surface area (Å²) < 4.78 is 81.2. The van der Waals surface area contributed by atoms with Crippen molar-refractivity contribution in [2.24, 2.45) is 5.92 Å². The lowest BCUT2D eigenvalue weighted by molar-refractivity contribution is -0.153. The average molecular weight is 423 g/mol. The van der Waals surface area contributed by atoms with Crippen LogP contribution in [0.1, 0.15) is 36.8 Å². The summed E-state index contributed by atoms with van der Waals surface area (Å²) in [4.78, 5) is 0. The molecule has 0 heterocycles. The molecule has 28 heavy (non-hydrogen) atoms. The van der Waals surface area contributed by atoms with Gasteiger partial charge in [0, 0.05) is 5.56 Å². The van der Waals surface area contributed by atoms with Gasteiger partial charge in [0.1, 0.15) is 5.75 Å². The van der Waals surface area contributed by atoms with Gasteiger partial charge in [-0.2, -0.15) is 26.3 Å². The van der Waals surface area contributed by atoms with Gasteiger partial charge in [-0.3, -0.25) is 0 Å². The van der Waals surface area contributed by atoms with E-state index in [1.165, 1.54) is 12.1 Å². The van der Waals surface area contributed by atoms with E-state index in [1.807, 2.05) is 0 Å². The highest BCUT2D eigenvalue weighted by Crippen LogP contribution is 2.47. The fraction of sp³-hybridized carbons (Fsp3) is 0.400. The first-order valence-electron chi connectivity index (χ1n) is 8.66. The number of halogens is 7. The minimum absolute atomic E-state index is 0.00995. The minimum Gasteiger partial charge on any atom is -0.482 e. The van der Waals surface area contributed by atoms with Gasteiger partial charge >= 0.3 is 12.4 Å². The molecule has 3 rings (SSSR count). The van der Waals surface area contributed by atoms with Crippen molar-refractivity contribution in [1.29, 1.82) is 0 Å². The highest BCUT2D eigenvalue weighted by atomic mass is 35.5. The molecule has 1 aliphatic carbocycles. The molecule has 1 saturated carbocycles. The molecule has 2 unspecified atom stereocenters. The van der Waals surface area contributed by atoms with Gasteiger partial charge < -0.3 is 4.74 Å². The molecular weight excluding hydrogens is 406 g/mol. The Hall–Kier alpha value is -1.89. The van der Waals surface area contributed by atoms with Crippen LogP contribution in [0.15, 0.2) is 36.4 Å². The van der Waals surface area contributed by atoms with Crippen LogP contribution >= 0.6 is 11.6 Å². The second-order valence-corrected chi connectivity index (χ2v) is 7.43. The number of benzene rings is 2. The summed E-state index contributed by atoms with van der Waals surface area (Å²) in [5.74, 6) is 0.426. The van der Waals surface area contributed by atoms with Crippen LogP contribution in [0.3, 0.4) is 0 Å². The summed E-state index contributed by atoms with van der Waals surface area (Å²) in [5, 5.41) is 0.00995. The lowest BCUT2D eigenvalue weighted by Gasteiger charge is -2.35. The lowest BCUT2D eigenvalue weighted by atomic mass is 9.71. The van der Waals surface area contributed by atoms with E-state index in [1.54, 1.807) is 12.1 Å². The Kier molecular flexibility index (Phi) is 5.58. The van der Waals surface area contributed by atoms with E-state index in [0.717, 1.165) is 30.5 Å². The van der Waals surface area contributed by atoms with E-state index in [0.29, 0.717) is 11.5 Å². The van der Waals surface area contributed by atoms with Gasteiger partial charge in [-0.15, -0.1) is 0 Å². The van der Waals surface area contributed by atoms with E-state index < -0.39 is 24.5 Å². The largest absolute Gasteiger partial charge is 0.482 e. The van der Waals surface area contributed by atoms with E-state index in [-0.39, 0.29) is 22.3 Å². The van der Waals surface area contributed by atoms with Crippen LogP contribution in [0.4, 0.5) is 26.3 Å².